The average molecular weight is 334 g/mol. The molecular formula is C18H27N3OS. The zero-order chi connectivity index (χ0) is 16.2. The SMILES string of the molecule is CC(NCC(O)CN1CCCC1)C(C)c1nc2ccccc2s1. The molecule has 3 unspecified atom stereocenters. The Bertz CT molecular complexity index is 591. The van der Waals surface area contributed by atoms with Gasteiger partial charge in [-0.05, 0) is 45.0 Å². The van der Waals surface area contributed by atoms with E-state index in [1.54, 1.807) is 11.3 Å². The zero-order valence-electron chi connectivity index (χ0n) is 14.0. The van der Waals surface area contributed by atoms with Gasteiger partial charge in [0.2, 0.25) is 0 Å². The molecule has 0 saturated carbocycles. The first-order chi connectivity index (χ1) is 11.1. The van der Waals surface area contributed by atoms with E-state index < -0.39 is 0 Å². The number of likely N-dealkylation sites (tertiary alicyclic amines) is 1. The van der Waals surface area contributed by atoms with Gasteiger partial charge in [-0.2, -0.15) is 0 Å². The fourth-order valence-electron chi connectivity index (χ4n) is 3.13. The molecule has 0 aliphatic carbocycles. The monoisotopic (exact) mass is 333 g/mol. The van der Waals surface area contributed by atoms with Gasteiger partial charge in [0, 0.05) is 25.0 Å². The van der Waals surface area contributed by atoms with Crippen LogP contribution in [0.3, 0.4) is 0 Å². The Morgan fingerprint density at radius 3 is 2.74 bits per heavy atom. The minimum atomic E-state index is -0.293. The molecule has 2 aromatic rings. The maximum absolute atomic E-state index is 10.2. The van der Waals surface area contributed by atoms with Gasteiger partial charge in [0.05, 0.1) is 21.3 Å². The maximum atomic E-state index is 10.2. The number of nitrogens with zero attached hydrogens (tertiary/aromatic N) is 2. The Labute approximate surface area is 142 Å². The second-order valence-electron chi connectivity index (χ2n) is 6.67. The highest BCUT2D eigenvalue weighted by Crippen LogP contribution is 2.29. The summed E-state index contributed by atoms with van der Waals surface area (Å²) in [7, 11) is 0. The number of hydrogen-bond acceptors (Lipinski definition) is 5. The highest BCUT2D eigenvalue weighted by Gasteiger charge is 2.20. The minimum absolute atomic E-state index is 0.293. The first-order valence-electron chi connectivity index (χ1n) is 8.63. The number of aliphatic hydroxyl groups excluding tert-OH is 1. The lowest BCUT2D eigenvalue weighted by Gasteiger charge is -2.24. The van der Waals surface area contributed by atoms with Crippen molar-refractivity contribution in [2.75, 3.05) is 26.2 Å². The second kappa shape index (κ2) is 7.71. The number of para-hydroxylation sites is 1. The van der Waals surface area contributed by atoms with Crippen molar-refractivity contribution < 1.29 is 5.11 Å². The van der Waals surface area contributed by atoms with Gasteiger partial charge in [0.15, 0.2) is 0 Å². The number of fused-ring (bicyclic) bond motifs is 1. The fourth-order valence-corrected chi connectivity index (χ4v) is 4.25. The van der Waals surface area contributed by atoms with Crippen LogP contribution in [0, 0.1) is 0 Å². The molecule has 1 aromatic heterocycles. The van der Waals surface area contributed by atoms with E-state index in [0.29, 0.717) is 18.5 Å². The Balaban J connectivity index is 1.51. The molecule has 1 aliphatic heterocycles. The molecule has 2 heterocycles. The predicted octanol–water partition coefficient (Wildman–Crippen LogP) is 2.83. The number of hydrogen-bond donors (Lipinski definition) is 2. The molecule has 1 fully saturated rings. The highest BCUT2D eigenvalue weighted by molar-refractivity contribution is 7.18. The molecule has 1 aromatic carbocycles. The first kappa shape index (κ1) is 16.8. The van der Waals surface area contributed by atoms with E-state index in [-0.39, 0.29) is 6.10 Å². The minimum Gasteiger partial charge on any atom is -0.390 e. The molecule has 2 N–H and O–H groups in total. The topological polar surface area (TPSA) is 48.4 Å². The zero-order valence-corrected chi connectivity index (χ0v) is 14.9. The van der Waals surface area contributed by atoms with Crippen LogP contribution < -0.4 is 5.32 Å². The van der Waals surface area contributed by atoms with E-state index in [1.165, 1.54) is 22.5 Å². The maximum Gasteiger partial charge on any atom is 0.0982 e. The number of benzene rings is 1. The van der Waals surface area contributed by atoms with Crippen molar-refractivity contribution in [1.82, 2.24) is 15.2 Å². The van der Waals surface area contributed by atoms with E-state index in [9.17, 15) is 5.11 Å². The van der Waals surface area contributed by atoms with Crippen LogP contribution in [0.4, 0.5) is 0 Å². The standard InChI is InChI=1S/C18H27N3OS/c1-13(18-20-16-7-3-4-8-17(16)23-18)14(2)19-11-15(22)12-21-9-5-6-10-21/h3-4,7-8,13-15,19,22H,5-6,9-12H2,1-2H3. The van der Waals surface area contributed by atoms with Crippen LogP contribution in [-0.4, -0.2) is 53.3 Å². The number of nitrogens with one attached hydrogen (secondary N) is 1. The summed E-state index contributed by atoms with van der Waals surface area (Å²) in [5.74, 6) is 0.339. The molecule has 1 saturated heterocycles. The Hall–Kier alpha value is -1.01. The Kier molecular flexibility index (Phi) is 5.64. The summed E-state index contributed by atoms with van der Waals surface area (Å²) in [6.07, 6.45) is 2.24. The van der Waals surface area contributed by atoms with E-state index in [2.05, 4.69) is 42.3 Å². The number of rotatable bonds is 7. The lowest BCUT2D eigenvalue weighted by Crippen LogP contribution is -2.41. The van der Waals surface area contributed by atoms with E-state index in [1.807, 2.05) is 6.07 Å². The van der Waals surface area contributed by atoms with Crippen molar-refractivity contribution in [3.8, 4) is 0 Å². The van der Waals surface area contributed by atoms with Gasteiger partial charge in [-0.15, -0.1) is 11.3 Å². The summed E-state index contributed by atoms with van der Waals surface area (Å²) in [4.78, 5) is 7.11. The molecular weight excluding hydrogens is 306 g/mol. The second-order valence-corrected chi connectivity index (χ2v) is 7.73. The summed E-state index contributed by atoms with van der Waals surface area (Å²) in [5, 5.41) is 14.9. The lowest BCUT2D eigenvalue weighted by molar-refractivity contribution is 0.120. The third kappa shape index (κ3) is 4.29. The summed E-state index contributed by atoms with van der Waals surface area (Å²) in [5.41, 5.74) is 1.08. The van der Waals surface area contributed by atoms with Crippen LogP contribution in [0.15, 0.2) is 24.3 Å². The van der Waals surface area contributed by atoms with Gasteiger partial charge >= 0.3 is 0 Å². The normalized spacial score (nSPS) is 20.0. The van der Waals surface area contributed by atoms with Crippen molar-refractivity contribution in [2.24, 2.45) is 0 Å². The molecule has 0 radical (unpaired) electrons. The quantitative estimate of drug-likeness (QED) is 0.818. The van der Waals surface area contributed by atoms with Crippen molar-refractivity contribution in [3.05, 3.63) is 29.3 Å². The van der Waals surface area contributed by atoms with Gasteiger partial charge in [-0.3, -0.25) is 0 Å². The Morgan fingerprint density at radius 2 is 2.00 bits per heavy atom. The predicted molar refractivity (Wildman–Crippen MR) is 97.2 cm³/mol. The molecule has 23 heavy (non-hydrogen) atoms. The van der Waals surface area contributed by atoms with Crippen molar-refractivity contribution in [1.29, 1.82) is 0 Å². The summed E-state index contributed by atoms with van der Waals surface area (Å²) >= 11 is 1.77. The third-order valence-electron chi connectivity index (χ3n) is 4.79. The smallest absolute Gasteiger partial charge is 0.0982 e. The molecule has 0 spiro atoms. The molecule has 0 amide bonds. The van der Waals surface area contributed by atoms with E-state index in [4.69, 9.17) is 4.98 Å². The van der Waals surface area contributed by atoms with Gasteiger partial charge in [0.1, 0.15) is 0 Å². The molecule has 3 rings (SSSR count). The van der Waals surface area contributed by atoms with Crippen molar-refractivity contribution in [3.63, 3.8) is 0 Å². The van der Waals surface area contributed by atoms with Crippen LogP contribution in [0.5, 0.6) is 0 Å². The number of thiazole rings is 1. The van der Waals surface area contributed by atoms with Crippen LogP contribution in [0.25, 0.3) is 10.2 Å². The van der Waals surface area contributed by atoms with Crippen LogP contribution in [0.1, 0.15) is 37.6 Å². The van der Waals surface area contributed by atoms with E-state index >= 15 is 0 Å². The highest BCUT2D eigenvalue weighted by atomic mass is 32.1. The lowest BCUT2D eigenvalue weighted by atomic mass is 10.0. The van der Waals surface area contributed by atoms with E-state index in [0.717, 1.165) is 25.2 Å². The molecule has 0 bridgehead atoms. The fraction of sp³-hybridized carbons (Fsp3) is 0.611. The molecule has 3 atom stereocenters. The Morgan fingerprint density at radius 1 is 1.26 bits per heavy atom. The summed E-state index contributed by atoms with van der Waals surface area (Å²) in [6.45, 7) is 8.09. The van der Waals surface area contributed by atoms with Crippen LogP contribution in [0.2, 0.25) is 0 Å². The van der Waals surface area contributed by atoms with Gasteiger partial charge in [-0.25, -0.2) is 4.98 Å². The molecule has 4 nitrogen and oxygen atoms in total. The first-order valence-corrected chi connectivity index (χ1v) is 9.44. The largest absolute Gasteiger partial charge is 0.390 e. The van der Waals surface area contributed by atoms with Crippen molar-refractivity contribution in [2.45, 2.75) is 44.8 Å². The van der Waals surface area contributed by atoms with Gasteiger partial charge < -0.3 is 15.3 Å². The number of aliphatic hydroxyl groups is 1. The number of β-amino-alcohol motifs (C(OH)–C–C–N with tert-alkyl or cyclic N) is 1. The summed E-state index contributed by atoms with van der Waals surface area (Å²) < 4.78 is 1.25. The van der Waals surface area contributed by atoms with Crippen LogP contribution >= 0.6 is 11.3 Å². The molecule has 126 valence electrons. The van der Waals surface area contributed by atoms with Gasteiger partial charge in [0.25, 0.3) is 0 Å². The third-order valence-corrected chi connectivity index (χ3v) is 6.03. The van der Waals surface area contributed by atoms with Crippen LogP contribution in [-0.2, 0) is 0 Å². The number of aromatic nitrogens is 1. The average Bonchev–Trinajstić information content (AvgIpc) is 3.20. The van der Waals surface area contributed by atoms with Crippen molar-refractivity contribution >= 4 is 21.6 Å². The molecule has 1 aliphatic rings. The van der Waals surface area contributed by atoms with Gasteiger partial charge in [-0.1, -0.05) is 19.1 Å². The molecule has 5 heteroatoms. The summed E-state index contributed by atoms with van der Waals surface area (Å²) in [6, 6.07) is 8.59.